The molecule has 1 fully saturated rings. The van der Waals surface area contributed by atoms with Crippen molar-refractivity contribution in [2.75, 3.05) is 18.2 Å². The molecule has 1 aliphatic heterocycles. The Hall–Kier alpha value is -1.76. The maximum atomic E-state index is 13.0. The molecule has 0 radical (unpaired) electrons. The largest absolute Gasteiger partial charge is 0.455 e. The molecule has 2 heterocycles. The number of fused-ring (bicyclic) bond motifs is 1. The summed E-state index contributed by atoms with van der Waals surface area (Å²) in [6.45, 7) is 6.40. The van der Waals surface area contributed by atoms with Crippen molar-refractivity contribution in [1.82, 2.24) is 10.2 Å². The Kier molecular flexibility index (Phi) is 5.22. The fraction of sp³-hybridized carbons (Fsp3) is 0.611. The van der Waals surface area contributed by atoms with Crippen LogP contribution >= 0.6 is 11.8 Å². The lowest BCUT2D eigenvalue weighted by atomic mass is 9.94. The number of furan rings is 1. The first-order valence-corrected chi connectivity index (χ1v) is 9.87. The molecule has 1 atom stereocenters. The van der Waals surface area contributed by atoms with Crippen molar-refractivity contribution >= 4 is 29.4 Å². The van der Waals surface area contributed by atoms with Crippen molar-refractivity contribution in [3.05, 3.63) is 22.6 Å². The summed E-state index contributed by atoms with van der Waals surface area (Å²) >= 11 is 1.55. The predicted molar refractivity (Wildman–Crippen MR) is 95.8 cm³/mol. The van der Waals surface area contributed by atoms with Gasteiger partial charge in [0.05, 0.1) is 11.4 Å². The van der Waals surface area contributed by atoms with Gasteiger partial charge in [-0.05, 0) is 19.3 Å². The molecule has 25 heavy (non-hydrogen) atoms. The van der Waals surface area contributed by atoms with Crippen molar-refractivity contribution in [2.24, 2.45) is 5.92 Å². The van der Waals surface area contributed by atoms with Gasteiger partial charge in [-0.25, -0.2) is 0 Å². The molecule has 0 unspecified atom stereocenters. The fourth-order valence-electron chi connectivity index (χ4n) is 3.27. The van der Waals surface area contributed by atoms with Gasteiger partial charge in [-0.2, -0.15) is 0 Å². The highest BCUT2D eigenvalue weighted by molar-refractivity contribution is 7.99. The predicted octanol–water partition coefficient (Wildman–Crippen LogP) is 2.39. The summed E-state index contributed by atoms with van der Waals surface area (Å²) in [5.41, 5.74) is 1.19. The number of nitrogens with one attached hydrogen (secondary N) is 1. The quantitative estimate of drug-likeness (QED) is 0.887. The van der Waals surface area contributed by atoms with Crippen LogP contribution in [-0.4, -0.2) is 46.7 Å². The van der Waals surface area contributed by atoms with Gasteiger partial charge in [0.15, 0.2) is 11.5 Å². The highest BCUT2D eigenvalue weighted by atomic mass is 32.2. The van der Waals surface area contributed by atoms with Crippen LogP contribution < -0.4 is 5.32 Å². The van der Waals surface area contributed by atoms with E-state index in [1.807, 2.05) is 13.8 Å². The number of carbonyl (C=O) groups excluding carboxylic acids is 3. The van der Waals surface area contributed by atoms with Crippen molar-refractivity contribution in [1.29, 1.82) is 0 Å². The zero-order valence-corrected chi connectivity index (χ0v) is 15.7. The Morgan fingerprint density at radius 2 is 2.12 bits per heavy atom. The molecule has 0 aromatic carbocycles. The van der Waals surface area contributed by atoms with E-state index >= 15 is 0 Å². The zero-order valence-electron chi connectivity index (χ0n) is 14.9. The summed E-state index contributed by atoms with van der Waals surface area (Å²) in [6, 6.07) is -0.492. The first-order valence-electron chi connectivity index (χ1n) is 8.72. The van der Waals surface area contributed by atoms with E-state index in [0.29, 0.717) is 53.8 Å². The van der Waals surface area contributed by atoms with Gasteiger partial charge in [0.25, 0.3) is 5.91 Å². The standard InChI is InChI=1S/C18H24N2O4S/c1-10(2)7-19-17(22)12-8-25-9-20(12)18(23)16-11(3)15-13(21)5-4-6-14(15)24-16/h10,12H,4-9H2,1-3H3,(H,19,22)/t12-/m0/s1. The minimum absolute atomic E-state index is 0.0450. The Labute approximate surface area is 151 Å². The molecule has 1 aromatic heterocycles. The highest BCUT2D eigenvalue weighted by Crippen LogP contribution is 2.32. The Morgan fingerprint density at radius 1 is 1.36 bits per heavy atom. The van der Waals surface area contributed by atoms with E-state index in [0.717, 1.165) is 6.42 Å². The number of aryl methyl sites for hydroxylation is 1. The summed E-state index contributed by atoms with van der Waals surface area (Å²) in [5, 5.41) is 2.90. The number of hydrogen-bond acceptors (Lipinski definition) is 5. The number of rotatable bonds is 4. The van der Waals surface area contributed by atoms with Gasteiger partial charge in [0, 0.05) is 30.7 Å². The molecular formula is C18H24N2O4S. The second kappa shape index (κ2) is 7.23. The van der Waals surface area contributed by atoms with Crippen LogP contribution in [0.25, 0.3) is 0 Å². The summed E-state index contributed by atoms with van der Waals surface area (Å²) in [7, 11) is 0. The molecule has 6 nitrogen and oxygen atoms in total. The Balaban J connectivity index is 1.80. The molecule has 2 amide bonds. The zero-order chi connectivity index (χ0) is 18.1. The van der Waals surface area contributed by atoms with E-state index in [1.165, 1.54) is 0 Å². The Morgan fingerprint density at radius 3 is 2.80 bits per heavy atom. The number of amides is 2. The molecule has 1 saturated heterocycles. The fourth-order valence-corrected chi connectivity index (χ4v) is 4.42. The average molecular weight is 364 g/mol. The smallest absolute Gasteiger partial charge is 0.291 e. The van der Waals surface area contributed by atoms with E-state index < -0.39 is 6.04 Å². The van der Waals surface area contributed by atoms with E-state index in [4.69, 9.17) is 4.42 Å². The van der Waals surface area contributed by atoms with Crippen LogP contribution in [0.15, 0.2) is 4.42 Å². The third-order valence-electron chi connectivity index (χ3n) is 4.63. The molecule has 3 rings (SSSR count). The van der Waals surface area contributed by atoms with Gasteiger partial charge in [0.1, 0.15) is 11.8 Å². The van der Waals surface area contributed by atoms with Crippen LogP contribution in [0, 0.1) is 12.8 Å². The topological polar surface area (TPSA) is 79.6 Å². The summed E-state index contributed by atoms with van der Waals surface area (Å²) in [5.74, 6) is 1.84. The van der Waals surface area contributed by atoms with Gasteiger partial charge >= 0.3 is 0 Å². The lowest BCUT2D eigenvalue weighted by Gasteiger charge is -2.22. The average Bonchev–Trinajstić information content (AvgIpc) is 3.18. The Bertz CT molecular complexity index is 710. The number of hydrogen-bond donors (Lipinski definition) is 1. The van der Waals surface area contributed by atoms with Crippen molar-refractivity contribution < 1.29 is 18.8 Å². The minimum Gasteiger partial charge on any atom is -0.455 e. The van der Waals surface area contributed by atoms with E-state index in [2.05, 4.69) is 5.32 Å². The molecule has 1 aromatic rings. The van der Waals surface area contributed by atoms with Gasteiger partial charge in [-0.1, -0.05) is 13.8 Å². The first-order chi connectivity index (χ1) is 11.9. The molecule has 0 spiro atoms. The second-order valence-corrected chi connectivity index (χ2v) is 8.06. The van der Waals surface area contributed by atoms with Gasteiger partial charge in [0.2, 0.25) is 5.91 Å². The van der Waals surface area contributed by atoms with E-state index in [-0.39, 0.29) is 23.4 Å². The number of thioether (sulfide) groups is 1. The van der Waals surface area contributed by atoms with Gasteiger partial charge in [-0.3, -0.25) is 14.4 Å². The van der Waals surface area contributed by atoms with Crippen molar-refractivity contribution in [3.8, 4) is 0 Å². The van der Waals surface area contributed by atoms with Crippen LogP contribution in [0.1, 0.15) is 58.9 Å². The lowest BCUT2D eigenvalue weighted by Crippen LogP contribution is -2.48. The minimum atomic E-state index is -0.492. The summed E-state index contributed by atoms with van der Waals surface area (Å²) in [4.78, 5) is 39.1. The normalized spacial score (nSPS) is 20.1. The first kappa shape index (κ1) is 18.0. The number of Topliss-reactive ketones (excluding diaryl/α,β-unsaturated/α-hetero) is 1. The van der Waals surface area contributed by atoms with E-state index in [1.54, 1.807) is 23.6 Å². The lowest BCUT2D eigenvalue weighted by molar-refractivity contribution is -0.124. The summed E-state index contributed by atoms with van der Waals surface area (Å²) in [6.07, 6.45) is 1.94. The van der Waals surface area contributed by atoms with Crippen LogP contribution in [0.5, 0.6) is 0 Å². The SMILES string of the molecule is Cc1c(C(=O)N2CSC[C@H]2C(=O)NCC(C)C)oc2c1C(=O)CCC2. The van der Waals surface area contributed by atoms with Crippen LogP contribution in [-0.2, 0) is 11.2 Å². The number of carbonyl (C=O) groups is 3. The van der Waals surface area contributed by atoms with Crippen LogP contribution in [0.2, 0.25) is 0 Å². The van der Waals surface area contributed by atoms with Gasteiger partial charge in [-0.15, -0.1) is 11.8 Å². The molecule has 7 heteroatoms. The molecule has 0 saturated carbocycles. The maximum absolute atomic E-state index is 13.0. The van der Waals surface area contributed by atoms with Gasteiger partial charge < -0.3 is 14.6 Å². The van der Waals surface area contributed by atoms with E-state index in [9.17, 15) is 14.4 Å². The van der Waals surface area contributed by atoms with Crippen LogP contribution in [0.4, 0.5) is 0 Å². The second-order valence-electron chi connectivity index (χ2n) is 7.06. The van der Waals surface area contributed by atoms with Crippen molar-refractivity contribution in [3.63, 3.8) is 0 Å². The molecule has 136 valence electrons. The van der Waals surface area contributed by atoms with Crippen LogP contribution in [0.3, 0.4) is 0 Å². The molecule has 2 aliphatic rings. The highest BCUT2D eigenvalue weighted by Gasteiger charge is 2.38. The number of ketones is 1. The van der Waals surface area contributed by atoms with Crippen molar-refractivity contribution in [2.45, 2.75) is 46.1 Å². The summed E-state index contributed by atoms with van der Waals surface area (Å²) < 4.78 is 5.75. The molecule has 0 bridgehead atoms. The molecule has 1 N–H and O–H groups in total. The maximum Gasteiger partial charge on any atom is 0.291 e. The molecule has 1 aliphatic carbocycles. The number of nitrogens with zero attached hydrogens (tertiary/aromatic N) is 1. The monoisotopic (exact) mass is 364 g/mol. The third-order valence-corrected chi connectivity index (χ3v) is 5.64. The third kappa shape index (κ3) is 3.47. The molecular weight excluding hydrogens is 340 g/mol.